The molecule has 1 heterocycles. The number of aliphatic hydroxyl groups excluding tert-OH is 1. The molecule has 0 spiro atoms. The van der Waals surface area contributed by atoms with Crippen molar-refractivity contribution < 1.29 is 15.0 Å². The minimum atomic E-state index is -0.886. The fourth-order valence-electron chi connectivity index (χ4n) is 2.35. The van der Waals surface area contributed by atoms with Crippen LogP contribution in [0, 0.1) is 5.92 Å². The zero-order valence-electron chi connectivity index (χ0n) is 6.81. The maximum absolute atomic E-state index is 10.7. The van der Waals surface area contributed by atoms with Crippen molar-refractivity contribution in [2.45, 2.75) is 31.4 Å². The van der Waals surface area contributed by atoms with E-state index in [-0.39, 0.29) is 6.04 Å². The van der Waals surface area contributed by atoms with E-state index < -0.39 is 12.2 Å². The van der Waals surface area contributed by atoms with Crippen LogP contribution in [0.2, 0.25) is 0 Å². The molecule has 1 saturated heterocycles. The zero-order chi connectivity index (χ0) is 8.72. The molecular formula is C8H13NO3. The summed E-state index contributed by atoms with van der Waals surface area (Å²) in [5, 5.41) is 18.2. The van der Waals surface area contributed by atoms with Gasteiger partial charge in [0.1, 0.15) is 0 Å². The van der Waals surface area contributed by atoms with Gasteiger partial charge in [0.15, 0.2) is 0 Å². The maximum atomic E-state index is 10.7. The second-order valence-corrected chi connectivity index (χ2v) is 3.67. The van der Waals surface area contributed by atoms with Crippen molar-refractivity contribution in [3.8, 4) is 0 Å². The average Bonchev–Trinajstić information content (AvgIpc) is 2.01. The van der Waals surface area contributed by atoms with Crippen LogP contribution in [0.1, 0.15) is 19.3 Å². The first kappa shape index (κ1) is 7.86. The smallest absolute Gasteiger partial charge is 0.407 e. The molecule has 0 aromatic carbocycles. The molecule has 68 valence electrons. The van der Waals surface area contributed by atoms with Gasteiger partial charge in [0, 0.05) is 6.54 Å². The minimum Gasteiger partial charge on any atom is -0.465 e. The summed E-state index contributed by atoms with van der Waals surface area (Å²) in [6.07, 6.45) is 1.51. The molecule has 4 heteroatoms. The lowest BCUT2D eigenvalue weighted by atomic mass is 9.71. The van der Waals surface area contributed by atoms with Gasteiger partial charge in [-0.15, -0.1) is 0 Å². The van der Waals surface area contributed by atoms with Crippen LogP contribution in [-0.4, -0.2) is 39.9 Å². The number of rotatable bonds is 0. The van der Waals surface area contributed by atoms with E-state index >= 15 is 0 Å². The standard InChI is InChI=1S/C8H13NO3/c10-6-4-5-2-1-3-9(7(5)6)8(11)12/h5-7,10H,1-4H2,(H,11,12). The van der Waals surface area contributed by atoms with Gasteiger partial charge in [0.25, 0.3) is 0 Å². The molecule has 0 bridgehead atoms. The number of carbonyl (C=O) groups is 1. The lowest BCUT2D eigenvalue weighted by Gasteiger charge is -2.50. The summed E-state index contributed by atoms with van der Waals surface area (Å²) < 4.78 is 0. The highest BCUT2D eigenvalue weighted by atomic mass is 16.4. The number of piperidine rings is 1. The number of hydrogen-bond acceptors (Lipinski definition) is 2. The molecule has 0 aromatic rings. The number of hydrogen-bond donors (Lipinski definition) is 2. The van der Waals surface area contributed by atoms with Gasteiger partial charge in [-0.2, -0.15) is 0 Å². The Bertz CT molecular complexity index is 204. The summed E-state index contributed by atoms with van der Waals surface area (Å²) in [4.78, 5) is 12.1. The molecule has 2 N–H and O–H groups in total. The molecule has 4 nitrogen and oxygen atoms in total. The van der Waals surface area contributed by atoms with E-state index in [0.29, 0.717) is 12.5 Å². The maximum Gasteiger partial charge on any atom is 0.407 e. The third-order valence-electron chi connectivity index (χ3n) is 3.00. The Hall–Kier alpha value is -0.770. The van der Waals surface area contributed by atoms with E-state index in [1.807, 2.05) is 0 Å². The van der Waals surface area contributed by atoms with Gasteiger partial charge in [-0.05, 0) is 25.2 Å². The first-order valence-corrected chi connectivity index (χ1v) is 4.38. The van der Waals surface area contributed by atoms with Crippen molar-refractivity contribution in [3.05, 3.63) is 0 Å². The van der Waals surface area contributed by atoms with Crippen LogP contribution >= 0.6 is 0 Å². The fourth-order valence-corrected chi connectivity index (χ4v) is 2.35. The van der Waals surface area contributed by atoms with Gasteiger partial charge in [0.2, 0.25) is 0 Å². The summed E-state index contributed by atoms with van der Waals surface area (Å²) >= 11 is 0. The van der Waals surface area contributed by atoms with Crippen molar-refractivity contribution in [2.24, 2.45) is 5.92 Å². The molecule has 2 aliphatic rings. The molecule has 3 atom stereocenters. The topological polar surface area (TPSA) is 60.8 Å². The summed E-state index contributed by atoms with van der Waals surface area (Å²) in [6.45, 7) is 0.591. The van der Waals surface area contributed by atoms with Crippen molar-refractivity contribution in [3.63, 3.8) is 0 Å². The molecule has 1 saturated carbocycles. The monoisotopic (exact) mass is 171 g/mol. The zero-order valence-corrected chi connectivity index (χ0v) is 6.81. The Morgan fingerprint density at radius 3 is 2.75 bits per heavy atom. The highest BCUT2D eigenvalue weighted by molar-refractivity contribution is 5.66. The third-order valence-corrected chi connectivity index (χ3v) is 3.00. The van der Waals surface area contributed by atoms with Crippen molar-refractivity contribution in [2.75, 3.05) is 6.54 Å². The normalized spacial score (nSPS) is 40.1. The van der Waals surface area contributed by atoms with Crippen LogP contribution in [0.25, 0.3) is 0 Å². The van der Waals surface area contributed by atoms with E-state index in [1.165, 1.54) is 4.90 Å². The van der Waals surface area contributed by atoms with Gasteiger partial charge in [-0.25, -0.2) is 4.79 Å². The van der Waals surface area contributed by atoms with Gasteiger partial charge < -0.3 is 15.1 Å². The van der Waals surface area contributed by atoms with Crippen LogP contribution in [0.3, 0.4) is 0 Å². The molecular weight excluding hydrogens is 158 g/mol. The first-order chi connectivity index (χ1) is 5.70. The lowest BCUT2D eigenvalue weighted by molar-refractivity contribution is -0.0807. The molecule has 1 amide bonds. The fraction of sp³-hybridized carbons (Fsp3) is 0.875. The minimum absolute atomic E-state index is 0.101. The van der Waals surface area contributed by atoms with Crippen molar-refractivity contribution in [1.82, 2.24) is 4.90 Å². The summed E-state index contributed by atoms with van der Waals surface area (Å²) in [5.41, 5.74) is 0. The van der Waals surface area contributed by atoms with Gasteiger partial charge in [0.05, 0.1) is 12.1 Å². The van der Waals surface area contributed by atoms with E-state index in [2.05, 4.69) is 0 Å². The Labute approximate surface area is 70.8 Å². The molecule has 1 aliphatic heterocycles. The number of fused-ring (bicyclic) bond motifs is 1. The average molecular weight is 171 g/mol. The molecule has 2 rings (SSSR count). The summed E-state index contributed by atoms with van der Waals surface area (Å²) in [7, 11) is 0. The quantitative estimate of drug-likeness (QED) is 0.558. The molecule has 0 aromatic heterocycles. The molecule has 3 unspecified atom stereocenters. The summed E-state index contributed by atoms with van der Waals surface area (Å²) in [6, 6.07) is -0.101. The van der Waals surface area contributed by atoms with E-state index in [4.69, 9.17) is 5.11 Å². The molecule has 0 radical (unpaired) electrons. The number of aliphatic hydroxyl groups is 1. The Morgan fingerprint density at radius 2 is 2.25 bits per heavy atom. The number of likely N-dealkylation sites (tertiary alicyclic amines) is 1. The highest BCUT2D eigenvalue weighted by Crippen LogP contribution is 2.39. The van der Waals surface area contributed by atoms with Gasteiger partial charge in [-0.1, -0.05) is 0 Å². The lowest BCUT2D eigenvalue weighted by Crippen LogP contribution is -2.61. The first-order valence-electron chi connectivity index (χ1n) is 4.38. The Balaban J connectivity index is 2.07. The van der Waals surface area contributed by atoms with Crippen LogP contribution < -0.4 is 0 Å². The predicted octanol–water partition coefficient (Wildman–Crippen LogP) is 0.510. The predicted molar refractivity (Wildman–Crippen MR) is 41.9 cm³/mol. The molecule has 1 aliphatic carbocycles. The van der Waals surface area contributed by atoms with Crippen LogP contribution in [-0.2, 0) is 0 Å². The molecule has 2 fully saturated rings. The SMILES string of the molecule is O=C(O)N1CCCC2CC(O)C21. The van der Waals surface area contributed by atoms with Crippen molar-refractivity contribution >= 4 is 6.09 Å². The Morgan fingerprint density at radius 1 is 1.50 bits per heavy atom. The van der Waals surface area contributed by atoms with Crippen LogP contribution in [0.5, 0.6) is 0 Å². The van der Waals surface area contributed by atoms with E-state index in [9.17, 15) is 9.90 Å². The molecule has 12 heavy (non-hydrogen) atoms. The Kier molecular flexibility index (Phi) is 1.72. The number of nitrogens with zero attached hydrogens (tertiary/aromatic N) is 1. The number of amides is 1. The van der Waals surface area contributed by atoms with Gasteiger partial charge >= 0.3 is 6.09 Å². The van der Waals surface area contributed by atoms with Crippen LogP contribution in [0.15, 0.2) is 0 Å². The largest absolute Gasteiger partial charge is 0.465 e. The van der Waals surface area contributed by atoms with Crippen molar-refractivity contribution in [1.29, 1.82) is 0 Å². The van der Waals surface area contributed by atoms with E-state index in [1.54, 1.807) is 0 Å². The number of carboxylic acid groups (broad SMARTS) is 1. The second kappa shape index (κ2) is 2.62. The van der Waals surface area contributed by atoms with Crippen LogP contribution in [0.4, 0.5) is 4.79 Å². The highest BCUT2D eigenvalue weighted by Gasteiger charge is 2.47. The summed E-state index contributed by atoms with van der Waals surface area (Å²) in [5.74, 6) is 0.421. The van der Waals surface area contributed by atoms with E-state index in [0.717, 1.165) is 19.3 Å². The van der Waals surface area contributed by atoms with Gasteiger partial charge in [-0.3, -0.25) is 0 Å². The second-order valence-electron chi connectivity index (χ2n) is 3.67. The third kappa shape index (κ3) is 0.982.